The van der Waals surface area contributed by atoms with E-state index in [1.807, 2.05) is 6.07 Å². The third-order valence-corrected chi connectivity index (χ3v) is 4.51. The molecule has 1 heterocycles. The molecule has 1 aromatic carbocycles. The van der Waals surface area contributed by atoms with Crippen LogP contribution in [0.25, 0.3) is 0 Å². The molecular formula is C13H17BrN2O2. The van der Waals surface area contributed by atoms with Crippen molar-refractivity contribution in [3.8, 4) is 0 Å². The van der Waals surface area contributed by atoms with Crippen LogP contribution in [0.1, 0.15) is 31.7 Å². The predicted molar refractivity (Wildman–Crippen MR) is 74.5 cm³/mol. The molecule has 18 heavy (non-hydrogen) atoms. The Morgan fingerprint density at radius 2 is 2.33 bits per heavy atom. The van der Waals surface area contributed by atoms with E-state index in [1.54, 1.807) is 6.07 Å². The number of halogens is 1. The fourth-order valence-electron chi connectivity index (χ4n) is 2.61. The van der Waals surface area contributed by atoms with Crippen LogP contribution in [0.4, 0.5) is 5.69 Å². The zero-order valence-corrected chi connectivity index (χ0v) is 12.0. The molecule has 1 aliphatic heterocycles. The van der Waals surface area contributed by atoms with Crippen molar-refractivity contribution in [2.45, 2.75) is 38.8 Å². The largest absolute Gasteiger partial charge is 0.296 e. The van der Waals surface area contributed by atoms with E-state index in [4.69, 9.17) is 0 Å². The summed E-state index contributed by atoms with van der Waals surface area (Å²) in [7, 11) is 0. The molecule has 0 aliphatic carbocycles. The van der Waals surface area contributed by atoms with Gasteiger partial charge in [0.15, 0.2) is 0 Å². The van der Waals surface area contributed by atoms with Crippen LogP contribution in [0.2, 0.25) is 0 Å². The van der Waals surface area contributed by atoms with Crippen LogP contribution in [-0.2, 0) is 6.54 Å². The molecule has 2 rings (SSSR count). The Morgan fingerprint density at radius 3 is 3.00 bits per heavy atom. The molecule has 5 heteroatoms. The molecule has 4 nitrogen and oxygen atoms in total. The molecule has 1 atom stereocenters. The Labute approximate surface area is 115 Å². The minimum absolute atomic E-state index is 0.153. The topological polar surface area (TPSA) is 46.4 Å². The first-order valence-corrected chi connectivity index (χ1v) is 7.08. The lowest BCUT2D eigenvalue weighted by Gasteiger charge is -2.23. The maximum Gasteiger partial charge on any atom is 0.283 e. The summed E-state index contributed by atoms with van der Waals surface area (Å²) in [6, 6.07) is 5.88. The molecule has 1 saturated heterocycles. The molecule has 0 saturated carbocycles. The van der Waals surface area contributed by atoms with Gasteiger partial charge in [-0.15, -0.1) is 0 Å². The lowest BCUT2D eigenvalue weighted by Crippen LogP contribution is -2.28. The minimum Gasteiger partial charge on any atom is -0.296 e. The van der Waals surface area contributed by atoms with E-state index in [0.717, 1.165) is 25.1 Å². The Kier molecular flexibility index (Phi) is 4.35. The zero-order valence-electron chi connectivity index (χ0n) is 10.4. The monoisotopic (exact) mass is 312 g/mol. The summed E-state index contributed by atoms with van der Waals surface area (Å²) < 4.78 is 0.622. The quantitative estimate of drug-likeness (QED) is 0.628. The summed E-state index contributed by atoms with van der Waals surface area (Å²) in [5, 5.41) is 10.9. The van der Waals surface area contributed by atoms with Gasteiger partial charge in [0.2, 0.25) is 0 Å². The summed E-state index contributed by atoms with van der Waals surface area (Å²) in [6.45, 7) is 4.08. The molecule has 98 valence electrons. The van der Waals surface area contributed by atoms with Crippen molar-refractivity contribution in [3.05, 3.63) is 38.3 Å². The van der Waals surface area contributed by atoms with Gasteiger partial charge < -0.3 is 0 Å². The molecule has 0 aromatic heterocycles. The third kappa shape index (κ3) is 2.72. The second-order valence-electron chi connectivity index (χ2n) is 4.68. The van der Waals surface area contributed by atoms with E-state index >= 15 is 0 Å². The van der Waals surface area contributed by atoms with Gasteiger partial charge in [-0.2, -0.15) is 0 Å². The smallest absolute Gasteiger partial charge is 0.283 e. The second-order valence-corrected chi connectivity index (χ2v) is 5.48. The highest BCUT2D eigenvalue weighted by Crippen LogP contribution is 2.31. The molecule has 1 unspecified atom stereocenters. The van der Waals surface area contributed by atoms with Gasteiger partial charge in [-0.3, -0.25) is 15.0 Å². The van der Waals surface area contributed by atoms with Crippen LogP contribution >= 0.6 is 15.9 Å². The zero-order chi connectivity index (χ0) is 13.1. The first kappa shape index (κ1) is 13.5. The first-order valence-electron chi connectivity index (χ1n) is 6.29. The van der Waals surface area contributed by atoms with Gasteiger partial charge in [0, 0.05) is 18.7 Å². The maximum atomic E-state index is 10.9. The summed E-state index contributed by atoms with van der Waals surface area (Å²) in [5.74, 6) is 0. The molecule has 1 fully saturated rings. The number of nitro benzene ring substituents is 1. The number of benzene rings is 1. The Balaban J connectivity index is 2.19. The van der Waals surface area contributed by atoms with Gasteiger partial charge in [0.05, 0.1) is 9.40 Å². The number of rotatable bonds is 4. The van der Waals surface area contributed by atoms with Crippen molar-refractivity contribution < 1.29 is 4.92 Å². The van der Waals surface area contributed by atoms with Crippen molar-refractivity contribution in [2.24, 2.45) is 0 Å². The summed E-state index contributed by atoms with van der Waals surface area (Å²) in [6.07, 6.45) is 3.61. The number of hydrogen-bond donors (Lipinski definition) is 0. The van der Waals surface area contributed by atoms with Crippen LogP contribution in [0.5, 0.6) is 0 Å². The second kappa shape index (κ2) is 5.80. The highest BCUT2D eigenvalue weighted by atomic mass is 79.9. The number of nitro groups is 1. The van der Waals surface area contributed by atoms with Gasteiger partial charge in [0.25, 0.3) is 5.69 Å². The van der Waals surface area contributed by atoms with Crippen LogP contribution in [0, 0.1) is 10.1 Å². The van der Waals surface area contributed by atoms with Gasteiger partial charge in [0.1, 0.15) is 0 Å². The average molecular weight is 313 g/mol. The molecule has 0 radical (unpaired) electrons. The molecule has 1 aliphatic rings. The molecule has 0 N–H and O–H groups in total. The highest BCUT2D eigenvalue weighted by Gasteiger charge is 2.24. The fourth-order valence-corrected chi connectivity index (χ4v) is 3.15. The van der Waals surface area contributed by atoms with Gasteiger partial charge in [-0.25, -0.2) is 0 Å². The highest BCUT2D eigenvalue weighted by molar-refractivity contribution is 9.10. The Bertz CT molecular complexity index is 451. The first-order chi connectivity index (χ1) is 8.63. The van der Waals surface area contributed by atoms with Gasteiger partial charge in [-0.1, -0.05) is 19.1 Å². The van der Waals surface area contributed by atoms with E-state index in [1.165, 1.54) is 18.9 Å². The van der Waals surface area contributed by atoms with Crippen LogP contribution in [-0.4, -0.2) is 22.4 Å². The fraction of sp³-hybridized carbons (Fsp3) is 0.538. The summed E-state index contributed by atoms with van der Waals surface area (Å²) in [5.41, 5.74) is 1.16. The average Bonchev–Trinajstić information content (AvgIpc) is 2.78. The molecular weight excluding hydrogens is 296 g/mol. The van der Waals surface area contributed by atoms with E-state index in [2.05, 4.69) is 27.8 Å². The SMILES string of the molecule is CCC1CCCN1Cc1cccc([N+](=O)[O-])c1Br. The van der Waals surface area contributed by atoms with E-state index in [0.29, 0.717) is 10.5 Å². The maximum absolute atomic E-state index is 10.9. The van der Waals surface area contributed by atoms with Crippen molar-refractivity contribution in [3.63, 3.8) is 0 Å². The Hall–Kier alpha value is -0.940. The minimum atomic E-state index is -0.338. The lowest BCUT2D eigenvalue weighted by molar-refractivity contribution is -0.385. The van der Waals surface area contributed by atoms with Gasteiger partial charge in [-0.05, 0) is 47.3 Å². The predicted octanol–water partition coefficient (Wildman–Crippen LogP) is 3.73. The van der Waals surface area contributed by atoms with Crippen LogP contribution < -0.4 is 0 Å². The van der Waals surface area contributed by atoms with E-state index in [-0.39, 0.29) is 10.6 Å². The lowest BCUT2D eigenvalue weighted by atomic mass is 10.1. The number of nitrogens with zero attached hydrogens (tertiary/aromatic N) is 2. The summed E-state index contributed by atoms with van der Waals surface area (Å²) >= 11 is 3.36. The standard InChI is InChI=1S/C13H17BrN2O2/c1-2-11-6-4-8-15(11)9-10-5-3-7-12(13(10)14)16(17)18/h3,5,7,11H,2,4,6,8-9H2,1H3. The van der Waals surface area contributed by atoms with Crippen molar-refractivity contribution >= 4 is 21.6 Å². The van der Waals surface area contributed by atoms with Gasteiger partial charge >= 0.3 is 0 Å². The van der Waals surface area contributed by atoms with E-state index < -0.39 is 0 Å². The Morgan fingerprint density at radius 1 is 1.56 bits per heavy atom. The normalized spacial score (nSPS) is 20.2. The summed E-state index contributed by atoms with van der Waals surface area (Å²) in [4.78, 5) is 13.0. The van der Waals surface area contributed by atoms with Crippen LogP contribution in [0.3, 0.4) is 0 Å². The van der Waals surface area contributed by atoms with Crippen molar-refractivity contribution in [1.29, 1.82) is 0 Å². The number of likely N-dealkylation sites (tertiary alicyclic amines) is 1. The van der Waals surface area contributed by atoms with Crippen LogP contribution in [0.15, 0.2) is 22.7 Å². The molecule has 0 amide bonds. The third-order valence-electron chi connectivity index (χ3n) is 3.60. The molecule has 0 spiro atoms. The number of hydrogen-bond acceptors (Lipinski definition) is 3. The van der Waals surface area contributed by atoms with Crippen molar-refractivity contribution in [2.75, 3.05) is 6.54 Å². The van der Waals surface area contributed by atoms with E-state index in [9.17, 15) is 10.1 Å². The molecule has 0 bridgehead atoms. The van der Waals surface area contributed by atoms with Crippen molar-refractivity contribution in [1.82, 2.24) is 4.90 Å². The molecule has 1 aromatic rings.